The van der Waals surface area contributed by atoms with Gasteiger partial charge in [0, 0.05) is 18.2 Å². The fourth-order valence-electron chi connectivity index (χ4n) is 4.68. The number of benzene rings is 3. The summed E-state index contributed by atoms with van der Waals surface area (Å²) in [7, 11) is 0. The lowest BCUT2D eigenvalue weighted by molar-refractivity contribution is -0.141. The van der Waals surface area contributed by atoms with Crippen molar-refractivity contribution in [3.8, 4) is 5.69 Å². The van der Waals surface area contributed by atoms with Crippen LogP contribution < -0.4 is 16.0 Å². The van der Waals surface area contributed by atoms with E-state index in [1.807, 2.05) is 30.3 Å². The summed E-state index contributed by atoms with van der Waals surface area (Å²) in [5, 5.41) is 20.6. The Balaban J connectivity index is 1.45. The number of aromatic nitrogens is 2. The first-order valence-corrected chi connectivity index (χ1v) is 14.2. The van der Waals surface area contributed by atoms with Gasteiger partial charge < -0.3 is 20.7 Å². The van der Waals surface area contributed by atoms with Crippen LogP contribution in [0.4, 0.5) is 23.2 Å². The van der Waals surface area contributed by atoms with Gasteiger partial charge in [-0.2, -0.15) is 18.3 Å². The predicted molar refractivity (Wildman–Crippen MR) is 158 cm³/mol. The van der Waals surface area contributed by atoms with Crippen LogP contribution in [0.15, 0.2) is 78.9 Å². The van der Waals surface area contributed by atoms with Gasteiger partial charge in [-0.3, -0.25) is 10.2 Å². The number of amides is 1. The first kappa shape index (κ1) is 30.9. The zero-order valence-electron chi connectivity index (χ0n) is 23.9. The number of carbonyl (C=O) groups is 1. The molecule has 44 heavy (non-hydrogen) atoms. The van der Waals surface area contributed by atoms with Crippen molar-refractivity contribution in [2.24, 2.45) is 5.92 Å². The summed E-state index contributed by atoms with van der Waals surface area (Å²) in [6.07, 6.45) is -2.56. The van der Waals surface area contributed by atoms with Crippen LogP contribution in [0.5, 0.6) is 0 Å². The van der Waals surface area contributed by atoms with Crippen LogP contribution in [0.3, 0.4) is 0 Å². The summed E-state index contributed by atoms with van der Waals surface area (Å²) in [5.41, 5.74) is 0.143. The Morgan fingerprint density at radius 3 is 2.52 bits per heavy atom. The summed E-state index contributed by atoms with van der Waals surface area (Å²) in [4.78, 5) is 13.5. The molecule has 12 heteroatoms. The van der Waals surface area contributed by atoms with Gasteiger partial charge in [0.15, 0.2) is 5.69 Å². The number of carbonyl (C=O) groups excluding carboxylic acids is 1. The first-order chi connectivity index (χ1) is 21.1. The topological polar surface area (TPSA) is 104 Å². The molecule has 8 nitrogen and oxygen atoms in total. The molecular weight excluding hydrogens is 576 g/mol. The highest BCUT2D eigenvalue weighted by molar-refractivity contribution is 6.04. The Bertz CT molecular complexity index is 1620. The van der Waals surface area contributed by atoms with Gasteiger partial charge in [-0.15, -0.1) is 0 Å². The molecule has 1 aliphatic carbocycles. The standard InChI is InChI=1S/C32H32F4N6O2/c1-2-44-19-39-30(37)23-9-6-10-24(15-23)42-27(17-28(41-42)32(34,35)36)31(43)40-26-16-22(13-14-25(26)33)29(38-18-20-11-12-20)21-7-4-3-5-8-21/h3-10,13-17,20,29,38H,2,11-12,18-19H2,1H3,(H2,37,39)(H,40,43). The van der Waals surface area contributed by atoms with Crippen molar-refractivity contribution in [2.75, 3.05) is 25.2 Å². The number of nitrogens with zero attached hydrogens (tertiary/aromatic N) is 2. The normalized spacial score (nSPS) is 13.8. The highest BCUT2D eigenvalue weighted by atomic mass is 19.4. The van der Waals surface area contributed by atoms with E-state index in [2.05, 4.69) is 21.0 Å². The molecule has 0 bridgehead atoms. The van der Waals surface area contributed by atoms with Crippen molar-refractivity contribution in [3.05, 3.63) is 113 Å². The second kappa shape index (κ2) is 13.4. The summed E-state index contributed by atoms with van der Waals surface area (Å²) in [6, 6.07) is 20.2. The number of rotatable bonds is 12. The smallest absolute Gasteiger partial charge is 0.362 e. The number of halogens is 4. The molecule has 0 saturated heterocycles. The van der Waals surface area contributed by atoms with Gasteiger partial charge in [0.2, 0.25) is 0 Å². The maximum Gasteiger partial charge on any atom is 0.435 e. The van der Waals surface area contributed by atoms with Gasteiger partial charge in [0.1, 0.15) is 24.1 Å². The van der Waals surface area contributed by atoms with Crippen LogP contribution in [-0.2, 0) is 10.9 Å². The van der Waals surface area contributed by atoms with Crippen LogP contribution in [0.1, 0.15) is 58.7 Å². The molecule has 1 fully saturated rings. The second-order valence-corrected chi connectivity index (χ2v) is 10.5. The minimum Gasteiger partial charge on any atom is -0.362 e. The quantitative estimate of drug-likeness (QED) is 0.0499. The van der Waals surface area contributed by atoms with E-state index in [-0.39, 0.29) is 30.0 Å². The van der Waals surface area contributed by atoms with Gasteiger partial charge in [0.25, 0.3) is 5.91 Å². The summed E-state index contributed by atoms with van der Waals surface area (Å²) >= 11 is 0. The van der Waals surface area contributed by atoms with Crippen LogP contribution in [0.2, 0.25) is 0 Å². The van der Waals surface area contributed by atoms with Gasteiger partial charge in [-0.1, -0.05) is 48.5 Å². The molecule has 230 valence electrons. The monoisotopic (exact) mass is 608 g/mol. The predicted octanol–water partition coefficient (Wildman–Crippen LogP) is 6.28. The highest BCUT2D eigenvalue weighted by Crippen LogP contribution is 2.32. The largest absolute Gasteiger partial charge is 0.435 e. The Labute approximate surface area is 251 Å². The zero-order chi connectivity index (χ0) is 31.3. The maximum atomic E-state index is 15.0. The molecule has 3 aromatic carbocycles. The molecule has 4 aromatic rings. The van der Waals surface area contributed by atoms with Crippen LogP contribution in [-0.4, -0.2) is 41.4 Å². The lowest BCUT2D eigenvalue weighted by Gasteiger charge is -2.21. The van der Waals surface area contributed by atoms with Crippen molar-refractivity contribution in [1.29, 1.82) is 5.41 Å². The van der Waals surface area contributed by atoms with E-state index in [0.717, 1.165) is 29.6 Å². The van der Waals surface area contributed by atoms with E-state index in [1.165, 1.54) is 30.3 Å². The van der Waals surface area contributed by atoms with Crippen molar-refractivity contribution in [3.63, 3.8) is 0 Å². The Morgan fingerprint density at radius 2 is 1.82 bits per heavy atom. The number of alkyl halides is 3. The number of hydrogen-bond donors (Lipinski definition) is 4. The van der Waals surface area contributed by atoms with E-state index in [9.17, 15) is 18.0 Å². The number of nitrogens with one attached hydrogen (secondary N) is 4. The number of anilines is 1. The minimum absolute atomic E-state index is 0.0309. The lowest BCUT2D eigenvalue weighted by Crippen LogP contribution is -2.26. The molecule has 1 saturated carbocycles. The average Bonchev–Trinajstić information content (AvgIpc) is 3.72. The van der Waals surface area contributed by atoms with Crippen molar-refractivity contribution in [2.45, 2.75) is 32.0 Å². The summed E-state index contributed by atoms with van der Waals surface area (Å²) in [6.45, 7) is 3.07. The SMILES string of the molecule is CCOCNC(=N)c1cccc(-n2nc(C(F)(F)F)cc2C(=O)Nc2cc(C(NCC3CC3)c3ccccc3)ccc2F)c1. The molecule has 1 aromatic heterocycles. The van der Waals surface area contributed by atoms with Crippen molar-refractivity contribution >= 4 is 17.4 Å². The molecule has 1 amide bonds. The van der Waals surface area contributed by atoms with E-state index < -0.39 is 29.3 Å². The van der Waals surface area contributed by atoms with E-state index in [4.69, 9.17) is 10.1 Å². The second-order valence-electron chi connectivity index (χ2n) is 10.5. The minimum atomic E-state index is -4.84. The van der Waals surface area contributed by atoms with Crippen LogP contribution in [0.25, 0.3) is 5.69 Å². The Hall–Kier alpha value is -4.55. The Morgan fingerprint density at radius 1 is 1.05 bits per heavy atom. The van der Waals surface area contributed by atoms with Crippen molar-refractivity contribution < 1.29 is 27.1 Å². The summed E-state index contributed by atoms with van der Waals surface area (Å²) in [5.74, 6) is -1.18. The first-order valence-electron chi connectivity index (χ1n) is 14.2. The zero-order valence-corrected chi connectivity index (χ0v) is 23.9. The molecule has 0 spiro atoms. The fraction of sp³-hybridized carbons (Fsp3) is 0.281. The Kier molecular flexibility index (Phi) is 9.40. The molecule has 1 unspecified atom stereocenters. The van der Waals surface area contributed by atoms with E-state index >= 15 is 4.39 Å². The molecule has 1 heterocycles. The third-order valence-corrected chi connectivity index (χ3v) is 7.18. The lowest BCUT2D eigenvalue weighted by atomic mass is 9.97. The van der Waals surface area contributed by atoms with Gasteiger partial charge >= 0.3 is 6.18 Å². The molecule has 0 radical (unpaired) electrons. The fourth-order valence-corrected chi connectivity index (χ4v) is 4.68. The van der Waals surface area contributed by atoms with Crippen molar-refractivity contribution in [1.82, 2.24) is 20.4 Å². The maximum absolute atomic E-state index is 15.0. The number of amidine groups is 1. The molecule has 5 rings (SSSR count). The molecule has 4 N–H and O–H groups in total. The average molecular weight is 609 g/mol. The van der Waals surface area contributed by atoms with E-state index in [1.54, 1.807) is 19.1 Å². The number of ether oxygens (including phenoxy) is 1. The molecule has 0 aliphatic heterocycles. The third kappa shape index (κ3) is 7.50. The third-order valence-electron chi connectivity index (χ3n) is 7.18. The molecule has 1 aliphatic rings. The molecule has 1 atom stereocenters. The van der Waals surface area contributed by atoms with Crippen LogP contribution in [0, 0.1) is 17.1 Å². The van der Waals surface area contributed by atoms with Gasteiger partial charge in [0.05, 0.1) is 17.4 Å². The van der Waals surface area contributed by atoms with Crippen LogP contribution >= 0.6 is 0 Å². The van der Waals surface area contributed by atoms with Gasteiger partial charge in [-0.25, -0.2) is 9.07 Å². The summed E-state index contributed by atoms with van der Waals surface area (Å²) < 4.78 is 62.3. The highest BCUT2D eigenvalue weighted by Gasteiger charge is 2.36. The number of hydrogen-bond acceptors (Lipinski definition) is 5. The van der Waals surface area contributed by atoms with E-state index in [0.29, 0.717) is 29.7 Å². The molecular formula is C32H32F4N6O2. The van der Waals surface area contributed by atoms with Gasteiger partial charge in [-0.05, 0) is 67.6 Å².